The predicted molar refractivity (Wildman–Crippen MR) is 97.7 cm³/mol. The van der Waals surface area contributed by atoms with Gasteiger partial charge in [0.15, 0.2) is 10.7 Å². The minimum absolute atomic E-state index is 0.0491. The molecule has 0 atom stereocenters. The molecule has 0 amide bonds. The predicted octanol–water partition coefficient (Wildman–Crippen LogP) is 3.71. The van der Waals surface area contributed by atoms with Crippen LogP contribution in [0.4, 0.5) is 17.1 Å². The second-order valence-corrected chi connectivity index (χ2v) is 7.27. The number of hydrogen-bond acceptors (Lipinski definition) is 6. The van der Waals surface area contributed by atoms with Gasteiger partial charge in [-0.15, -0.1) is 0 Å². The smallest absolute Gasteiger partial charge is 0.267 e. The molecular weight excluding hydrogens is 352 g/mol. The summed E-state index contributed by atoms with van der Waals surface area (Å²) in [6, 6.07) is 15.9. The summed E-state index contributed by atoms with van der Waals surface area (Å²) in [5.41, 5.74) is 2.82. The molecule has 0 saturated heterocycles. The number of aryl methyl sites for hydroxylation is 2. The van der Waals surface area contributed by atoms with E-state index in [4.69, 9.17) is 9.78 Å². The molecule has 8 heteroatoms. The van der Waals surface area contributed by atoms with Crippen LogP contribution < -0.4 is 10.0 Å². The molecule has 3 rings (SSSR count). The molecule has 7 nitrogen and oxygen atoms in total. The highest BCUT2D eigenvalue weighted by Gasteiger charge is 2.24. The molecule has 132 valence electrons. The lowest BCUT2D eigenvalue weighted by atomic mass is 10.2. The minimum atomic E-state index is -3.77. The Bertz CT molecular complexity index is 1060. The van der Waals surface area contributed by atoms with E-state index in [1.807, 2.05) is 6.07 Å². The van der Waals surface area contributed by atoms with Crippen LogP contribution in [0.2, 0.25) is 0 Å². The van der Waals surface area contributed by atoms with Gasteiger partial charge < -0.3 is 9.84 Å². The highest BCUT2D eigenvalue weighted by molar-refractivity contribution is 7.92. The third-order valence-electron chi connectivity index (χ3n) is 3.65. The minimum Gasteiger partial charge on any atom is -0.360 e. The zero-order valence-electron chi connectivity index (χ0n) is 14.1. The van der Waals surface area contributed by atoms with E-state index in [1.54, 1.807) is 56.3 Å². The van der Waals surface area contributed by atoms with E-state index < -0.39 is 10.0 Å². The van der Waals surface area contributed by atoms with Gasteiger partial charge in [-0.1, -0.05) is 11.2 Å². The summed E-state index contributed by atoms with van der Waals surface area (Å²) in [5, 5.41) is 15.8. The summed E-state index contributed by atoms with van der Waals surface area (Å²) in [5.74, 6) is 0.241. The lowest BCUT2D eigenvalue weighted by molar-refractivity contribution is 0.390. The van der Waals surface area contributed by atoms with Crippen LogP contribution in [0.3, 0.4) is 0 Å². The van der Waals surface area contributed by atoms with Gasteiger partial charge in [-0.3, -0.25) is 4.72 Å². The first-order valence-corrected chi connectivity index (χ1v) is 9.20. The van der Waals surface area contributed by atoms with Gasteiger partial charge in [-0.2, -0.15) is 5.26 Å². The summed E-state index contributed by atoms with van der Waals surface area (Å²) in [4.78, 5) is 0.0491. The van der Waals surface area contributed by atoms with E-state index in [0.29, 0.717) is 16.9 Å². The van der Waals surface area contributed by atoms with Crippen LogP contribution in [0.25, 0.3) is 0 Å². The van der Waals surface area contributed by atoms with Crippen molar-refractivity contribution in [3.63, 3.8) is 0 Å². The number of aromatic nitrogens is 1. The van der Waals surface area contributed by atoms with Gasteiger partial charge in [0.25, 0.3) is 10.0 Å². The maximum Gasteiger partial charge on any atom is 0.267 e. The van der Waals surface area contributed by atoms with Gasteiger partial charge in [0.05, 0.1) is 11.6 Å². The molecule has 0 spiro atoms. The average Bonchev–Trinajstić information content (AvgIpc) is 2.96. The van der Waals surface area contributed by atoms with Crippen molar-refractivity contribution >= 4 is 27.1 Å². The molecular formula is C18H16N4O3S. The van der Waals surface area contributed by atoms with Crippen molar-refractivity contribution < 1.29 is 12.9 Å². The van der Waals surface area contributed by atoms with E-state index in [2.05, 4.69) is 21.3 Å². The molecule has 0 bridgehead atoms. The van der Waals surface area contributed by atoms with E-state index in [0.717, 1.165) is 11.4 Å². The maximum atomic E-state index is 12.5. The van der Waals surface area contributed by atoms with Crippen LogP contribution in [0.15, 0.2) is 57.9 Å². The molecule has 0 saturated carbocycles. The van der Waals surface area contributed by atoms with Gasteiger partial charge in [-0.05, 0) is 56.3 Å². The van der Waals surface area contributed by atoms with Crippen molar-refractivity contribution in [2.75, 3.05) is 10.0 Å². The monoisotopic (exact) mass is 368 g/mol. The molecule has 0 aliphatic heterocycles. The highest BCUT2D eigenvalue weighted by Crippen LogP contribution is 2.24. The molecule has 1 aromatic heterocycles. The van der Waals surface area contributed by atoms with Crippen molar-refractivity contribution in [1.29, 1.82) is 5.26 Å². The lowest BCUT2D eigenvalue weighted by Crippen LogP contribution is -2.14. The summed E-state index contributed by atoms with van der Waals surface area (Å²) in [6.07, 6.45) is 0. The molecule has 0 aliphatic carbocycles. The SMILES string of the molecule is Cc1noc(C)c1S(=O)(=O)Nc1ccc(Nc2cccc(C#N)c2)cc1. The topological polar surface area (TPSA) is 108 Å². The van der Waals surface area contributed by atoms with Crippen LogP contribution in [-0.4, -0.2) is 13.6 Å². The van der Waals surface area contributed by atoms with E-state index >= 15 is 0 Å². The molecule has 0 fully saturated rings. The Morgan fingerprint density at radius 3 is 2.35 bits per heavy atom. The first kappa shape index (κ1) is 17.5. The Hall–Kier alpha value is -3.31. The highest BCUT2D eigenvalue weighted by atomic mass is 32.2. The molecule has 0 unspecified atom stereocenters. The lowest BCUT2D eigenvalue weighted by Gasteiger charge is -2.10. The summed E-state index contributed by atoms with van der Waals surface area (Å²) in [6.45, 7) is 3.13. The Balaban J connectivity index is 1.77. The van der Waals surface area contributed by atoms with Crippen molar-refractivity contribution in [2.45, 2.75) is 18.7 Å². The normalized spacial score (nSPS) is 11.0. The molecule has 0 aliphatic rings. The number of nitrogens with zero attached hydrogens (tertiary/aromatic N) is 2. The third-order valence-corrected chi connectivity index (χ3v) is 5.28. The van der Waals surface area contributed by atoms with Crippen LogP contribution in [-0.2, 0) is 10.0 Å². The Morgan fingerprint density at radius 1 is 1.04 bits per heavy atom. The number of nitrogens with one attached hydrogen (secondary N) is 2. The standard InChI is InChI=1S/C18H16N4O3S/c1-12-18(13(2)25-21-12)26(23,24)22-16-8-6-15(7-9-16)20-17-5-3-4-14(10-17)11-19/h3-10,20,22H,1-2H3. The fourth-order valence-corrected chi connectivity index (χ4v) is 3.91. The molecule has 2 aromatic carbocycles. The number of rotatable bonds is 5. The molecule has 3 aromatic rings. The fourth-order valence-electron chi connectivity index (χ4n) is 2.52. The molecule has 1 heterocycles. The van der Waals surface area contributed by atoms with Crippen molar-refractivity contribution in [3.8, 4) is 6.07 Å². The molecule has 2 N–H and O–H groups in total. The second-order valence-electron chi connectivity index (χ2n) is 5.65. The zero-order chi connectivity index (χ0) is 18.7. The van der Waals surface area contributed by atoms with Crippen LogP contribution in [0.5, 0.6) is 0 Å². The summed E-state index contributed by atoms with van der Waals surface area (Å²) in [7, 11) is -3.77. The van der Waals surface area contributed by atoms with Gasteiger partial charge in [0.2, 0.25) is 0 Å². The van der Waals surface area contributed by atoms with Crippen LogP contribution in [0, 0.1) is 25.2 Å². The number of anilines is 3. The fraction of sp³-hybridized carbons (Fsp3) is 0.111. The second kappa shape index (κ2) is 6.90. The van der Waals surface area contributed by atoms with E-state index in [9.17, 15) is 8.42 Å². The first-order chi connectivity index (χ1) is 12.4. The summed E-state index contributed by atoms with van der Waals surface area (Å²) < 4.78 is 32.4. The Kier molecular flexibility index (Phi) is 4.65. The van der Waals surface area contributed by atoms with Crippen molar-refractivity contribution in [1.82, 2.24) is 5.16 Å². The largest absolute Gasteiger partial charge is 0.360 e. The van der Waals surface area contributed by atoms with Crippen LogP contribution in [0.1, 0.15) is 17.0 Å². The van der Waals surface area contributed by atoms with Gasteiger partial charge in [0.1, 0.15) is 5.69 Å². The van der Waals surface area contributed by atoms with Gasteiger partial charge in [0, 0.05) is 17.1 Å². The van der Waals surface area contributed by atoms with Crippen molar-refractivity contribution in [2.24, 2.45) is 0 Å². The quantitative estimate of drug-likeness (QED) is 0.711. The number of sulfonamides is 1. The Morgan fingerprint density at radius 2 is 1.73 bits per heavy atom. The first-order valence-electron chi connectivity index (χ1n) is 7.72. The molecule has 0 radical (unpaired) electrons. The average molecular weight is 368 g/mol. The van der Waals surface area contributed by atoms with Crippen LogP contribution >= 0.6 is 0 Å². The third kappa shape index (κ3) is 3.68. The number of benzene rings is 2. The number of hydrogen-bond donors (Lipinski definition) is 2. The van der Waals surface area contributed by atoms with Crippen molar-refractivity contribution in [3.05, 3.63) is 65.5 Å². The molecule has 26 heavy (non-hydrogen) atoms. The Labute approximate surface area is 151 Å². The van der Waals surface area contributed by atoms with E-state index in [-0.39, 0.29) is 10.7 Å². The summed E-state index contributed by atoms with van der Waals surface area (Å²) >= 11 is 0. The van der Waals surface area contributed by atoms with Gasteiger partial charge >= 0.3 is 0 Å². The van der Waals surface area contributed by atoms with Gasteiger partial charge in [-0.25, -0.2) is 8.42 Å². The van der Waals surface area contributed by atoms with E-state index in [1.165, 1.54) is 0 Å². The number of nitriles is 1. The zero-order valence-corrected chi connectivity index (χ0v) is 15.0. The maximum absolute atomic E-state index is 12.5.